The maximum Gasteiger partial charge on any atom is 0.219 e. The number of aryl methyl sites for hydroxylation is 2. The third-order valence-corrected chi connectivity index (χ3v) is 3.68. The van der Waals surface area contributed by atoms with E-state index in [-0.39, 0.29) is 5.52 Å². The largest absolute Gasteiger partial charge is 0.318 e. The predicted octanol–water partition coefficient (Wildman–Crippen LogP) is 3.02. The molecule has 76 valence electrons. The fourth-order valence-electron chi connectivity index (χ4n) is 1.47. The van der Waals surface area contributed by atoms with Crippen LogP contribution in [-0.2, 0) is 4.57 Å². The maximum atomic E-state index is 11.8. The third-order valence-electron chi connectivity index (χ3n) is 2.28. The van der Waals surface area contributed by atoms with Crippen LogP contribution in [0.1, 0.15) is 28.4 Å². The molecule has 0 amide bonds. The second-order valence-corrected chi connectivity index (χ2v) is 5.38. The Labute approximate surface area is 85.1 Å². The van der Waals surface area contributed by atoms with E-state index >= 15 is 0 Å². The van der Waals surface area contributed by atoms with Crippen LogP contribution in [0, 0.1) is 13.8 Å². The van der Waals surface area contributed by atoms with Crippen LogP contribution in [-0.4, -0.2) is 11.7 Å². The summed E-state index contributed by atoms with van der Waals surface area (Å²) >= 11 is 0. The summed E-state index contributed by atoms with van der Waals surface area (Å²) < 4.78 is 11.5. The molecule has 14 heavy (non-hydrogen) atoms. The summed E-state index contributed by atoms with van der Waals surface area (Å²) in [4.78, 5) is 11.8. The molecule has 0 aliphatic heterocycles. The topological polar surface area (TPSA) is 34.1 Å². The molecule has 0 spiro atoms. The van der Waals surface area contributed by atoms with Crippen molar-refractivity contribution < 1.29 is 9.36 Å². The molecule has 0 radical (unpaired) electrons. The van der Waals surface area contributed by atoms with Crippen LogP contribution in [0.15, 0.2) is 18.2 Å². The SMILES string of the molecule is CC[PH](=O)C(=O)c1c(C)cccc1C. The van der Waals surface area contributed by atoms with E-state index in [9.17, 15) is 9.36 Å². The Morgan fingerprint density at radius 2 is 1.79 bits per heavy atom. The van der Waals surface area contributed by atoms with Gasteiger partial charge in [0.05, 0.1) is 0 Å². The first-order chi connectivity index (χ1) is 6.57. The van der Waals surface area contributed by atoms with Crippen LogP contribution < -0.4 is 0 Å². The number of carbonyl (C=O) groups is 1. The van der Waals surface area contributed by atoms with Crippen LogP contribution in [0.3, 0.4) is 0 Å². The van der Waals surface area contributed by atoms with Crippen LogP contribution in [0.4, 0.5) is 0 Å². The van der Waals surface area contributed by atoms with Crippen molar-refractivity contribution in [2.75, 3.05) is 6.16 Å². The first kappa shape index (κ1) is 11.2. The van der Waals surface area contributed by atoms with E-state index in [4.69, 9.17) is 0 Å². The smallest absolute Gasteiger partial charge is 0.219 e. The van der Waals surface area contributed by atoms with Gasteiger partial charge in [-0.2, -0.15) is 0 Å². The van der Waals surface area contributed by atoms with Gasteiger partial charge in [-0.3, -0.25) is 4.79 Å². The molecule has 0 bridgehead atoms. The zero-order valence-corrected chi connectivity index (χ0v) is 9.76. The molecule has 0 aromatic heterocycles. The Kier molecular flexibility index (Phi) is 3.65. The molecule has 0 aliphatic rings. The zero-order chi connectivity index (χ0) is 10.7. The second kappa shape index (κ2) is 4.56. The third kappa shape index (κ3) is 2.13. The molecule has 1 rings (SSSR count). The van der Waals surface area contributed by atoms with Gasteiger partial charge in [0.1, 0.15) is 7.80 Å². The summed E-state index contributed by atoms with van der Waals surface area (Å²) in [7, 11) is -2.09. The van der Waals surface area contributed by atoms with Gasteiger partial charge in [0.2, 0.25) is 5.52 Å². The molecule has 0 saturated heterocycles. The molecule has 1 atom stereocenters. The summed E-state index contributed by atoms with van der Waals surface area (Å²) in [6, 6.07) is 5.67. The van der Waals surface area contributed by atoms with Crippen molar-refractivity contribution in [1.82, 2.24) is 0 Å². The Hall–Kier alpha value is -0.880. The Bertz CT molecular complexity index is 363. The highest BCUT2D eigenvalue weighted by atomic mass is 31.1. The summed E-state index contributed by atoms with van der Waals surface area (Å²) in [6.45, 7) is 5.54. The lowest BCUT2D eigenvalue weighted by molar-refractivity contribution is 0.107. The monoisotopic (exact) mass is 210 g/mol. The van der Waals surface area contributed by atoms with Gasteiger partial charge in [0.15, 0.2) is 0 Å². The van der Waals surface area contributed by atoms with Gasteiger partial charge in [-0.25, -0.2) is 0 Å². The fourth-order valence-corrected chi connectivity index (χ4v) is 2.47. The average molecular weight is 210 g/mol. The van der Waals surface area contributed by atoms with Crippen LogP contribution >= 0.6 is 7.80 Å². The van der Waals surface area contributed by atoms with Crippen molar-refractivity contribution in [3.63, 3.8) is 0 Å². The van der Waals surface area contributed by atoms with Crippen molar-refractivity contribution in [1.29, 1.82) is 0 Å². The van der Waals surface area contributed by atoms with Gasteiger partial charge < -0.3 is 4.57 Å². The number of carbonyl (C=O) groups excluding carboxylic acids is 1. The van der Waals surface area contributed by atoms with E-state index in [1.807, 2.05) is 32.0 Å². The number of hydrogen-bond acceptors (Lipinski definition) is 2. The second-order valence-electron chi connectivity index (χ2n) is 3.37. The summed E-state index contributed by atoms with van der Waals surface area (Å²) in [5.74, 6) is 0. The molecule has 0 N–H and O–H groups in total. The van der Waals surface area contributed by atoms with Crippen molar-refractivity contribution in [2.45, 2.75) is 20.8 Å². The number of benzene rings is 1. The van der Waals surface area contributed by atoms with Gasteiger partial charge in [-0.1, -0.05) is 25.1 Å². The molecule has 1 unspecified atom stereocenters. The van der Waals surface area contributed by atoms with Crippen molar-refractivity contribution in [3.05, 3.63) is 34.9 Å². The Balaban J connectivity index is 3.19. The minimum Gasteiger partial charge on any atom is -0.318 e. The average Bonchev–Trinajstić information content (AvgIpc) is 2.16. The van der Waals surface area contributed by atoms with E-state index in [2.05, 4.69) is 0 Å². The van der Waals surface area contributed by atoms with Crippen LogP contribution in [0.5, 0.6) is 0 Å². The Morgan fingerprint density at radius 1 is 1.29 bits per heavy atom. The van der Waals surface area contributed by atoms with Crippen molar-refractivity contribution in [3.8, 4) is 0 Å². The normalized spacial score (nSPS) is 12.5. The van der Waals surface area contributed by atoms with Crippen LogP contribution in [0.2, 0.25) is 0 Å². The molecular formula is C11H15O2P. The standard InChI is InChI=1S/C11H15O2P/c1-4-14(13)11(12)10-8(2)6-5-7-9(10)3/h5-7,14H,4H2,1-3H3. The zero-order valence-electron chi connectivity index (χ0n) is 8.76. The molecule has 0 aliphatic carbocycles. The van der Waals surface area contributed by atoms with Crippen molar-refractivity contribution >= 4 is 13.3 Å². The van der Waals surface area contributed by atoms with Gasteiger partial charge in [-0.05, 0) is 25.0 Å². The molecular weight excluding hydrogens is 195 g/mol. The van der Waals surface area contributed by atoms with E-state index in [1.54, 1.807) is 6.92 Å². The van der Waals surface area contributed by atoms with Gasteiger partial charge >= 0.3 is 0 Å². The van der Waals surface area contributed by atoms with Gasteiger partial charge in [0, 0.05) is 11.7 Å². The van der Waals surface area contributed by atoms with E-state index in [0.717, 1.165) is 11.1 Å². The predicted molar refractivity (Wildman–Crippen MR) is 59.8 cm³/mol. The lowest BCUT2D eigenvalue weighted by Crippen LogP contribution is -2.00. The number of rotatable bonds is 3. The fraction of sp³-hybridized carbons (Fsp3) is 0.364. The number of hydrogen-bond donors (Lipinski definition) is 0. The van der Waals surface area contributed by atoms with Gasteiger partial charge in [-0.15, -0.1) is 0 Å². The lowest BCUT2D eigenvalue weighted by atomic mass is 10.0. The first-order valence-electron chi connectivity index (χ1n) is 4.71. The van der Waals surface area contributed by atoms with E-state index < -0.39 is 7.80 Å². The minimum atomic E-state index is -2.09. The molecule has 1 aromatic carbocycles. The summed E-state index contributed by atoms with van der Waals surface area (Å²) in [6.07, 6.45) is 0.456. The summed E-state index contributed by atoms with van der Waals surface area (Å²) in [5.41, 5.74) is 2.31. The molecule has 0 fully saturated rings. The molecule has 2 nitrogen and oxygen atoms in total. The highest BCUT2D eigenvalue weighted by Crippen LogP contribution is 2.29. The first-order valence-corrected chi connectivity index (χ1v) is 6.33. The maximum absolute atomic E-state index is 11.8. The minimum absolute atomic E-state index is 0.173. The highest BCUT2D eigenvalue weighted by Gasteiger charge is 2.16. The van der Waals surface area contributed by atoms with Crippen LogP contribution in [0.25, 0.3) is 0 Å². The molecule has 0 heterocycles. The lowest BCUT2D eigenvalue weighted by Gasteiger charge is -2.07. The molecule has 0 saturated carbocycles. The summed E-state index contributed by atoms with van der Waals surface area (Å²) in [5, 5.41) is 0. The molecule has 1 aromatic rings. The quantitative estimate of drug-likeness (QED) is 0.718. The van der Waals surface area contributed by atoms with E-state index in [0.29, 0.717) is 11.7 Å². The highest BCUT2D eigenvalue weighted by molar-refractivity contribution is 7.64. The Morgan fingerprint density at radius 3 is 2.21 bits per heavy atom. The molecule has 3 heteroatoms. The van der Waals surface area contributed by atoms with Crippen molar-refractivity contribution in [2.24, 2.45) is 0 Å². The van der Waals surface area contributed by atoms with E-state index in [1.165, 1.54) is 0 Å². The van der Waals surface area contributed by atoms with Gasteiger partial charge in [0.25, 0.3) is 0 Å².